The van der Waals surface area contributed by atoms with Crippen LogP contribution in [0.4, 0.5) is 8.78 Å². The maximum absolute atomic E-state index is 16.8. The first kappa shape index (κ1) is 56.2. The van der Waals surface area contributed by atoms with Crippen molar-refractivity contribution in [2.75, 3.05) is 28.4 Å². The van der Waals surface area contributed by atoms with Crippen LogP contribution in [-0.4, -0.2) is 88.8 Å². The molecule has 8 aromatic rings. The highest BCUT2D eigenvalue weighted by Crippen LogP contribution is 2.53. The maximum Gasteiger partial charge on any atom is 0.302 e. The summed E-state index contributed by atoms with van der Waals surface area (Å²) in [5.74, 6) is -1.36. The van der Waals surface area contributed by atoms with Crippen molar-refractivity contribution in [3.8, 4) is 35.0 Å². The second kappa shape index (κ2) is 23.2. The molecule has 1 N–H and O–H groups in total. The van der Waals surface area contributed by atoms with E-state index in [9.17, 15) is 19.1 Å². The van der Waals surface area contributed by atoms with Crippen molar-refractivity contribution in [3.05, 3.63) is 236 Å². The fourth-order valence-electron chi connectivity index (χ4n) is 10.5. The molecule has 6 aromatic carbocycles. The minimum atomic E-state index is -2.20. The van der Waals surface area contributed by atoms with Crippen molar-refractivity contribution >= 4 is 11.6 Å². The third-order valence-electron chi connectivity index (χ3n) is 14.9. The molecule has 2 unspecified atom stereocenters. The van der Waals surface area contributed by atoms with Crippen LogP contribution in [-0.2, 0) is 24.7 Å². The Morgan fingerprint density at radius 3 is 1.27 bits per heavy atom. The van der Waals surface area contributed by atoms with Crippen LogP contribution in [0.1, 0.15) is 72.5 Å². The molecule has 0 bridgehead atoms. The smallest absolute Gasteiger partial charge is 0.302 e. The summed E-state index contributed by atoms with van der Waals surface area (Å²) in [6, 6.07) is 53.0. The molecule has 2 fully saturated rings. The Labute approximate surface area is 470 Å². The average Bonchev–Trinajstić information content (AvgIpc) is 4.40. The summed E-state index contributed by atoms with van der Waals surface area (Å²) in [6.07, 6.45) is -3.06. The highest BCUT2D eigenvalue weighted by Gasteiger charge is 2.64. The minimum absolute atomic E-state index is 0.00703. The van der Waals surface area contributed by atoms with Gasteiger partial charge in [-0.15, -0.1) is 11.6 Å². The number of benzene rings is 6. The number of rotatable bonds is 14. The Morgan fingerprint density at radius 2 is 0.864 bits per heavy atom. The Morgan fingerprint density at radius 1 is 0.519 bits per heavy atom. The summed E-state index contributed by atoms with van der Waals surface area (Å²) in [4.78, 5) is 29.8. The monoisotopic (exact) mass is 1120 g/mol. The van der Waals surface area contributed by atoms with E-state index < -0.39 is 70.2 Å². The van der Waals surface area contributed by atoms with Crippen LogP contribution in [0.2, 0.25) is 0 Å². The van der Waals surface area contributed by atoms with E-state index in [4.69, 9.17) is 54.2 Å². The molecule has 12 rings (SSSR count). The van der Waals surface area contributed by atoms with Crippen LogP contribution in [0.15, 0.2) is 192 Å². The zero-order valence-electron chi connectivity index (χ0n) is 45.1. The molecular weight excluding hydrogens is 1070 g/mol. The summed E-state index contributed by atoms with van der Waals surface area (Å²) in [7, 11) is 6.51. The van der Waals surface area contributed by atoms with Crippen LogP contribution >= 0.6 is 11.6 Å². The van der Waals surface area contributed by atoms with E-state index in [1.165, 1.54) is 33.7 Å². The maximum atomic E-state index is 16.8. The van der Waals surface area contributed by atoms with Crippen molar-refractivity contribution in [3.63, 3.8) is 0 Å². The molecule has 16 nitrogen and oxygen atoms in total. The predicted molar refractivity (Wildman–Crippen MR) is 296 cm³/mol. The third kappa shape index (κ3) is 10.5. The normalized spacial score (nSPS) is 22.9. The molecule has 4 aliphatic rings. The number of hydrogen-bond acceptors (Lipinski definition) is 14. The van der Waals surface area contributed by atoms with Gasteiger partial charge in [-0.3, -0.25) is 18.7 Å². The lowest BCUT2D eigenvalue weighted by Gasteiger charge is -2.41. The number of aliphatic hydroxyl groups excluding tert-OH is 1. The lowest BCUT2D eigenvalue weighted by molar-refractivity contribution is -0.219. The molecule has 4 aliphatic heterocycles. The summed E-state index contributed by atoms with van der Waals surface area (Å²) >= 11 is 7.22. The molecule has 8 atom stereocenters. The van der Waals surface area contributed by atoms with Gasteiger partial charge in [0.25, 0.3) is 11.1 Å². The van der Waals surface area contributed by atoms with Crippen LogP contribution in [0.5, 0.6) is 35.0 Å². The molecule has 0 radical (unpaired) electrons. The number of alkyl halides is 3. The highest BCUT2D eigenvalue weighted by atomic mass is 35.5. The van der Waals surface area contributed by atoms with Gasteiger partial charge in [0.2, 0.25) is 11.7 Å². The second-order valence-corrected chi connectivity index (χ2v) is 19.9. The molecule has 0 amide bonds. The first-order valence-electron chi connectivity index (χ1n) is 26.1. The van der Waals surface area contributed by atoms with E-state index in [-0.39, 0.29) is 24.9 Å². The van der Waals surface area contributed by atoms with Gasteiger partial charge in [0.15, 0.2) is 36.9 Å². The number of halogens is 3. The van der Waals surface area contributed by atoms with E-state index in [1.807, 2.05) is 158 Å². The van der Waals surface area contributed by atoms with Gasteiger partial charge in [0.1, 0.15) is 33.5 Å². The summed E-state index contributed by atoms with van der Waals surface area (Å²) in [5.41, 5.74) is 3.05. The molecular formula is C62H59ClF2N4O12. The molecule has 0 saturated carbocycles. The highest BCUT2D eigenvalue weighted by molar-refractivity contribution is 6.28. The number of ether oxygens (including phenoxy) is 9. The van der Waals surface area contributed by atoms with E-state index in [0.29, 0.717) is 11.5 Å². The van der Waals surface area contributed by atoms with Gasteiger partial charge >= 0.3 is 12.0 Å². The van der Waals surface area contributed by atoms with Crippen molar-refractivity contribution in [1.82, 2.24) is 19.1 Å². The zero-order chi connectivity index (χ0) is 57.1. The molecule has 0 aliphatic carbocycles. The second-order valence-electron chi connectivity index (χ2n) is 19.3. The van der Waals surface area contributed by atoms with Gasteiger partial charge in [0.05, 0.1) is 28.4 Å². The standard InChI is InChI=1S/C31H29FN2O6.C21H19ClO2.C10H11FN2O4/c1-4-30(32)27(26-28(40-30)34-19-18-25(35)33-29(34)38-26)39-31(20-8-6-5-7-9-20,21-10-14-23(36-2)15-11-21)22-12-16-24(37-3)17-13-22;1-23-19-12-8-17(9-13-19)21(22,16-6-4-3-5-7-16)18-10-14-20(24-2)15-11-18;1-2-10(11)7(15)6-8(17-10)13-4-3-5(14)12-9(13)16-6/h5-19,26-28H,4H2,1-3H3;3-15H,1-2H3;3-4,6-8,15H,2H2,1H3/t26?,27-,28+,30+;;6?,7-,8+,10+/m0.0/s1. The summed E-state index contributed by atoms with van der Waals surface area (Å²) in [5, 5.41) is 9.82. The van der Waals surface area contributed by atoms with Crippen LogP contribution in [0, 0.1) is 0 Å². The fraction of sp³-hybridized carbons (Fsp3) is 0.290. The summed E-state index contributed by atoms with van der Waals surface area (Å²) in [6.45, 7) is 3.28. The van der Waals surface area contributed by atoms with Crippen LogP contribution in [0.3, 0.4) is 0 Å². The van der Waals surface area contributed by atoms with E-state index in [1.54, 1.807) is 42.3 Å². The minimum Gasteiger partial charge on any atom is -0.497 e. The Balaban J connectivity index is 0.000000151. The van der Waals surface area contributed by atoms with Gasteiger partial charge < -0.3 is 47.7 Å². The number of methoxy groups -OCH3 is 4. The van der Waals surface area contributed by atoms with E-state index >= 15 is 4.39 Å². The van der Waals surface area contributed by atoms with Crippen LogP contribution < -0.4 is 39.5 Å². The van der Waals surface area contributed by atoms with Gasteiger partial charge in [-0.2, -0.15) is 9.97 Å². The van der Waals surface area contributed by atoms with Crippen molar-refractivity contribution in [2.24, 2.45) is 0 Å². The van der Waals surface area contributed by atoms with Crippen molar-refractivity contribution < 1.29 is 56.5 Å². The molecule has 2 saturated heterocycles. The Kier molecular flexibility index (Phi) is 16.0. The predicted octanol–water partition coefficient (Wildman–Crippen LogP) is 10.2. The Bertz CT molecular complexity index is 3450. The number of aliphatic hydroxyl groups is 1. The number of fused-ring (bicyclic) bond motifs is 6. The Hall–Kier alpha value is -8.13. The largest absolute Gasteiger partial charge is 0.497 e. The summed E-state index contributed by atoms with van der Waals surface area (Å²) < 4.78 is 84.7. The quantitative estimate of drug-likeness (QED) is 0.0805. The van der Waals surface area contributed by atoms with Crippen LogP contribution in [0.25, 0.3) is 0 Å². The number of aromatic nitrogens is 4. The molecule has 6 heterocycles. The molecule has 420 valence electrons. The SMILES string of the molecule is CC[C@@]1(F)O[C@@H]2C(Oc3nc(=O)ccn32)[C@@H]1O.CC[C@@]1(F)O[C@@H]2C(Oc3nc(=O)ccn32)[C@@H]1OC(c1ccccc1)(c1ccc(OC)cc1)c1ccc(OC)cc1.COc1ccc(C(Cl)(c2ccccc2)c2ccc(OC)cc2)cc1. The van der Waals surface area contributed by atoms with E-state index in [0.717, 1.165) is 44.9 Å². The molecule has 2 aromatic heterocycles. The van der Waals surface area contributed by atoms with Crippen molar-refractivity contribution in [1.29, 1.82) is 0 Å². The fourth-order valence-corrected chi connectivity index (χ4v) is 10.9. The van der Waals surface area contributed by atoms with Gasteiger partial charge in [0, 0.05) is 37.4 Å². The average molecular weight is 1130 g/mol. The van der Waals surface area contributed by atoms with Crippen molar-refractivity contribution in [2.45, 2.75) is 85.7 Å². The van der Waals surface area contributed by atoms with Gasteiger partial charge in [-0.05, 0) is 81.9 Å². The number of nitrogens with zero attached hydrogens (tertiary/aromatic N) is 4. The lowest BCUT2D eigenvalue weighted by Crippen LogP contribution is -2.49. The molecule has 81 heavy (non-hydrogen) atoms. The topological polar surface area (TPSA) is 173 Å². The lowest BCUT2D eigenvalue weighted by atomic mass is 9.79. The first-order chi connectivity index (χ1) is 39.1. The van der Waals surface area contributed by atoms with Gasteiger partial charge in [-0.25, -0.2) is 8.78 Å². The molecule has 19 heteroatoms. The molecule has 0 spiro atoms. The zero-order valence-corrected chi connectivity index (χ0v) is 45.8. The first-order valence-corrected chi connectivity index (χ1v) is 26.5. The number of hydrogen-bond donors (Lipinski definition) is 1. The third-order valence-corrected chi connectivity index (χ3v) is 15.6. The van der Waals surface area contributed by atoms with Gasteiger partial charge in [-0.1, -0.05) is 123 Å². The van der Waals surface area contributed by atoms with E-state index in [2.05, 4.69) is 9.97 Å².